The summed E-state index contributed by atoms with van der Waals surface area (Å²) in [6.45, 7) is 0. The monoisotopic (exact) mass is 267 g/mol. The van der Waals surface area contributed by atoms with E-state index in [1.54, 1.807) is 38.1 Å². The lowest BCUT2D eigenvalue weighted by Crippen LogP contribution is -1.97. The highest BCUT2D eigenvalue weighted by Gasteiger charge is 2.16. The van der Waals surface area contributed by atoms with E-state index in [1.165, 1.54) is 0 Å². The molecule has 0 amide bonds. The first-order chi connectivity index (χ1) is 8.58. The number of nitrogens with two attached hydrogens (primary N) is 1. The highest BCUT2D eigenvalue weighted by molar-refractivity contribution is 6.35. The number of anilines is 1. The first-order valence-corrected chi connectivity index (χ1v) is 5.66. The highest BCUT2D eigenvalue weighted by Crippen LogP contribution is 2.41. The number of methoxy groups -OCH3 is 2. The fraction of sp³-hybridized carbons (Fsp3) is 0.250. The van der Waals surface area contributed by atoms with Gasteiger partial charge in [-0.2, -0.15) is 5.10 Å². The van der Waals surface area contributed by atoms with Crippen LogP contribution >= 0.6 is 11.6 Å². The summed E-state index contributed by atoms with van der Waals surface area (Å²) in [5.41, 5.74) is 7.20. The Hall–Kier alpha value is -1.88. The van der Waals surface area contributed by atoms with Crippen LogP contribution in [0.2, 0.25) is 5.02 Å². The molecule has 1 heterocycles. The fourth-order valence-corrected chi connectivity index (χ4v) is 2.03. The Morgan fingerprint density at radius 1 is 1.28 bits per heavy atom. The van der Waals surface area contributed by atoms with Crippen molar-refractivity contribution in [2.45, 2.75) is 0 Å². The number of ether oxygens (including phenoxy) is 2. The van der Waals surface area contributed by atoms with Gasteiger partial charge in [-0.3, -0.25) is 4.68 Å². The van der Waals surface area contributed by atoms with Crippen molar-refractivity contribution in [3.05, 3.63) is 23.2 Å². The van der Waals surface area contributed by atoms with Crippen LogP contribution in [0.4, 0.5) is 5.82 Å². The molecule has 2 aromatic rings. The van der Waals surface area contributed by atoms with Gasteiger partial charge in [-0.05, 0) is 12.1 Å². The van der Waals surface area contributed by atoms with Crippen molar-refractivity contribution in [3.63, 3.8) is 0 Å². The van der Waals surface area contributed by atoms with Gasteiger partial charge < -0.3 is 15.2 Å². The Balaban J connectivity index is 2.58. The lowest BCUT2D eigenvalue weighted by Gasteiger charge is -2.11. The zero-order chi connectivity index (χ0) is 13.3. The number of halogens is 1. The molecule has 0 aliphatic heterocycles. The molecule has 2 N–H and O–H groups in total. The Morgan fingerprint density at radius 2 is 2.00 bits per heavy atom. The molecular weight excluding hydrogens is 254 g/mol. The quantitative estimate of drug-likeness (QED) is 0.927. The van der Waals surface area contributed by atoms with Crippen LogP contribution in [-0.2, 0) is 7.05 Å². The minimum atomic E-state index is 0.454. The van der Waals surface area contributed by atoms with Crippen molar-refractivity contribution in [3.8, 4) is 22.8 Å². The second kappa shape index (κ2) is 4.78. The molecule has 1 aromatic heterocycles. The van der Waals surface area contributed by atoms with Gasteiger partial charge in [0.2, 0.25) is 0 Å². The summed E-state index contributed by atoms with van der Waals surface area (Å²) in [4.78, 5) is 0. The van der Waals surface area contributed by atoms with Gasteiger partial charge in [0.25, 0.3) is 0 Å². The van der Waals surface area contributed by atoms with Crippen molar-refractivity contribution < 1.29 is 9.47 Å². The highest BCUT2D eigenvalue weighted by atomic mass is 35.5. The third kappa shape index (κ3) is 1.97. The molecule has 0 saturated heterocycles. The number of hydrogen-bond donors (Lipinski definition) is 1. The van der Waals surface area contributed by atoms with Crippen LogP contribution < -0.4 is 15.2 Å². The van der Waals surface area contributed by atoms with Crippen LogP contribution in [-0.4, -0.2) is 24.0 Å². The molecule has 6 heteroatoms. The lowest BCUT2D eigenvalue weighted by atomic mass is 10.1. The number of aryl methyl sites for hydroxylation is 1. The van der Waals surface area contributed by atoms with E-state index < -0.39 is 0 Å². The Kier molecular flexibility index (Phi) is 3.34. The summed E-state index contributed by atoms with van der Waals surface area (Å²) in [5, 5.41) is 4.74. The van der Waals surface area contributed by atoms with E-state index in [9.17, 15) is 0 Å². The fourth-order valence-electron chi connectivity index (χ4n) is 1.70. The molecule has 5 nitrogen and oxygen atoms in total. The number of hydrogen-bond acceptors (Lipinski definition) is 4. The third-order valence-corrected chi connectivity index (χ3v) is 3.05. The summed E-state index contributed by atoms with van der Waals surface area (Å²) in [6.07, 6.45) is 0. The van der Waals surface area contributed by atoms with Gasteiger partial charge in [0.15, 0.2) is 11.5 Å². The summed E-state index contributed by atoms with van der Waals surface area (Å²) in [6, 6.07) is 5.36. The SMILES string of the molecule is COc1ccc(-c2cc(N)n(C)n2)c(Cl)c1OC. The topological polar surface area (TPSA) is 62.3 Å². The summed E-state index contributed by atoms with van der Waals surface area (Å²) < 4.78 is 12.0. The van der Waals surface area contributed by atoms with E-state index in [2.05, 4.69) is 5.10 Å². The van der Waals surface area contributed by atoms with E-state index in [0.717, 1.165) is 5.56 Å². The molecule has 0 aliphatic carbocycles. The van der Waals surface area contributed by atoms with Gasteiger partial charge in [-0.1, -0.05) is 11.6 Å². The Morgan fingerprint density at radius 3 is 2.50 bits per heavy atom. The molecular formula is C12H14ClN3O2. The van der Waals surface area contributed by atoms with Gasteiger partial charge in [0, 0.05) is 18.7 Å². The normalized spacial score (nSPS) is 10.4. The smallest absolute Gasteiger partial charge is 0.180 e. The van der Waals surface area contributed by atoms with Crippen LogP contribution in [0.5, 0.6) is 11.5 Å². The van der Waals surface area contributed by atoms with E-state index in [4.69, 9.17) is 26.8 Å². The second-order valence-electron chi connectivity index (χ2n) is 3.74. The molecule has 18 heavy (non-hydrogen) atoms. The molecule has 0 bridgehead atoms. The molecule has 0 saturated carbocycles. The lowest BCUT2D eigenvalue weighted by molar-refractivity contribution is 0.355. The predicted octanol–water partition coefficient (Wildman–Crippen LogP) is 2.34. The van der Waals surface area contributed by atoms with Crippen LogP contribution in [0.3, 0.4) is 0 Å². The van der Waals surface area contributed by atoms with Gasteiger partial charge in [-0.25, -0.2) is 0 Å². The molecule has 0 radical (unpaired) electrons. The number of rotatable bonds is 3. The number of aromatic nitrogens is 2. The number of benzene rings is 1. The first-order valence-electron chi connectivity index (χ1n) is 5.28. The number of nitrogens with zero attached hydrogens (tertiary/aromatic N) is 2. The maximum atomic E-state index is 6.29. The average molecular weight is 268 g/mol. The van der Waals surface area contributed by atoms with E-state index in [1.807, 2.05) is 6.07 Å². The van der Waals surface area contributed by atoms with Crippen LogP contribution in [0, 0.1) is 0 Å². The third-order valence-electron chi connectivity index (χ3n) is 2.68. The minimum Gasteiger partial charge on any atom is -0.493 e. The van der Waals surface area contributed by atoms with Gasteiger partial charge in [-0.15, -0.1) is 0 Å². The minimum absolute atomic E-state index is 0.454. The van der Waals surface area contributed by atoms with Crippen molar-refractivity contribution in [2.24, 2.45) is 7.05 Å². The molecule has 0 fully saturated rings. The van der Waals surface area contributed by atoms with Crippen molar-refractivity contribution >= 4 is 17.4 Å². The standard InChI is InChI=1S/C12H14ClN3O2/c1-16-10(14)6-8(15-16)7-4-5-9(17-2)12(18-3)11(7)13/h4-6H,14H2,1-3H3. The predicted molar refractivity (Wildman–Crippen MR) is 71.2 cm³/mol. The zero-order valence-corrected chi connectivity index (χ0v) is 11.2. The van der Waals surface area contributed by atoms with E-state index in [0.29, 0.717) is 28.0 Å². The van der Waals surface area contributed by atoms with Crippen LogP contribution in [0.1, 0.15) is 0 Å². The molecule has 0 spiro atoms. The van der Waals surface area contributed by atoms with Gasteiger partial charge in [0.05, 0.1) is 24.9 Å². The second-order valence-corrected chi connectivity index (χ2v) is 4.12. The van der Waals surface area contributed by atoms with E-state index in [-0.39, 0.29) is 0 Å². The molecule has 96 valence electrons. The largest absolute Gasteiger partial charge is 0.493 e. The number of nitrogen functional groups attached to an aromatic ring is 1. The molecule has 1 aromatic carbocycles. The summed E-state index contributed by atoms with van der Waals surface area (Å²) in [5.74, 6) is 1.63. The molecule has 0 atom stereocenters. The van der Waals surface area contributed by atoms with Crippen molar-refractivity contribution in [2.75, 3.05) is 20.0 Å². The van der Waals surface area contributed by atoms with Gasteiger partial charge in [0.1, 0.15) is 5.82 Å². The Bertz CT molecular complexity index is 561. The molecule has 2 rings (SSSR count). The molecule has 0 aliphatic rings. The Labute approximate surface area is 110 Å². The maximum absolute atomic E-state index is 6.29. The summed E-state index contributed by atoms with van der Waals surface area (Å²) in [7, 11) is 4.88. The van der Waals surface area contributed by atoms with Crippen molar-refractivity contribution in [1.82, 2.24) is 9.78 Å². The summed E-state index contributed by atoms with van der Waals surface area (Å²) >= 11 is 6.29. The van der Waals surface area contributed by atoms with Crippen molar-refractivity contribution in [1.29, 1.82) is 0 Å². The maximum Gasteiger partial charge on any atom is 0.180 e. The first kappa shape index (κ1) is 12.6. The average Bonchev–Trinajstić information content (AvgIpc) is 2.68. The zero-order valence-electron chi connectivity index (χ0n) is 10.4. The van der Waals surface area contributed by atoms with E-state index >= 15 is 0 Å². The van der Waals surface area contributed by atoms with Gasteiger partial charge >= 0.3 is 0 Å². The van der Waals surface area contributed by atoms with Crippen LogP contribution in [0.15, 0.2) is 18.2 Å². The molecule has 0 unspecified atom stereocenters. The van der Waals surface area contributed by atoms with Crippen LogP contribution in [0.25, 0.3) is 11.3 Å².